The van der Waals surface area contributed by atoms with Gasteiger partial charge in [0.15, 0.2) is 0 Å². The molecule has 4 rings (SSSR count). The second kappa shape index (κ2) is 9.98. The quantitative estimate of drug-likeness (QED) is 0.677. The Kier molecular flexibility index (Phi) is 7.66. The van der Waals surface area contributed by atoms with Gasteiger partial charge in [0.2, 0.25) is 0 Å². The molecule has 1 aromatic heterocycles. The third-order valence-corrected chi connectivity index (χ3v) is 4.38. The van der Waals surface area contributed by atoms with Crippen LogP contribution in [-0.2, 0) is 4.79 Å². The van der Waals surface area contributed by atoms with Gasteiger partial charge in [-0.3, -0.25) is 9.88 Å². The van der Waals surface area contributed by atoms with Crippen LogP contribution in [0.4, 0.5) is 19.0 Å². The van der Waals surface area contributed by atoms with Crippen molar-refractivity contribution in [3.63, 3.8) is 0 Å². The number of rotatable bonds is 2. The predicted molar refractivity (Wildman–Crippen MR) is 112 cm³/mol. The first-order valence-electron chi connectivity index (χ1n) is 9.04. The Labute approximate surface area is 173 Å². The van der Waals surface area contributed by atoms with Gasteiger partial charge in [0.1, 0.15) is 18.4 Å². The highest BCUT2D eigenvalue weighted by Gasteiger charge is 2.41. The van der Waals surface area contributed by atoms with Gasteiger partial charge in [-0.05, 0) is 42.8 Å². The van der Waals surface area contributed by atoms with E-state index in [4.69, 9.17) is 10.5 Å². The minimum Gasteiger partial charge on any atom is -0.382 e. The number of aromatic nitrogens is 2. The fraction of sp³-hybridized carbons (Fsp3) is 0.227. The monoisotopic (exact) mass is 416 g/mol. The van der Waals surface area contributed by atoms with E-state index in [9.17, 15) is 13.2 Å². The fourth-order valence-electron chi connectivity index (χ4n) is 3.01. The van der Waals surface area contributed by atoms with Crippen molar-refractivity contribution in [2.45, 2.75) is 12.8 Å². The predicted octanol–water partition coefficient (Wildman–Crippen LogP) is 4.22. The van der Waals surface area contributed by atoms with Gasteiger partial charge in [-0.15, -0.1) is 0 Å². The number of carbonyl (C=O) groups is 1. The van der Waals surface area contributed by atoms with Crippen LogP contribution >= 0.6 is 0 Å². The lowest BCUT2D eigenvalue weighted by molar-refractivity contribution is -0.119. The molecule has 5 nitrogen and oxygen atoms in total. The van der Waals surface area contributed by atoms with E-state index in [0.29, 0.717) is 17.1 Å². The minimum absolute atomic E-state index is 0.0625. The number of anilines is 1. The maximum atomic E-state index is 14.4. The summed E-state index contributed by atoms with van der Waals surface area (Å²) in [5.74, 6) is -2.39. The molecule has 1 aliphatic heterocycles. The summed E-state index contributed by atoms with van der Waals surface area (Å²) in [7, 11) is 1.68. The maximum Gasteiger partial charge on any atom is 0.272 e. The molecule has 0 bridgehead atoms. The number of benzene rings is 2. The Morgan fingerprint density at radius 1 is 1.03 bits per heavy atom. The summed E-state index contributed by atoms with van der Waals surface area (Å²) in [4.78, 5) is 17.6. The first kappa shape index (κ1) is 23.0. The standard InChI is InChI=1S/C17H14FN3.C4H7F2N.CH2O/c1-11-4-2-3-5-13(11)12-6-7-14(15(18)8-12)16-9-21-17(19)10-20-16;1-7-2-4(5,6)3-7;1-2/h2-10H,1H3,(H2,19,21);2-3H2,1H3;1H2. The fourth-order valence-corrected chi connectivity index (χ4v) is 3.01. The largest absolute Gasteiger partial charge is 0.382 e. The van der Waals surface area contributed by atoms with E-state index in [2.05, 4.69) is 9.97 Å². The molecule has 8 heteroatoms. The lowest BCUT2D eigenvalue weighted by atomic mass is 9.98. The Balaban J connectivity index is 0.000000299. The minimum atomic E-state index is -2.38. The van der Waals surface area contributed by atoms with E-state index in [1.54, 1.807) is 18.0 Å². The van der Waals surface area contributed by atoms with Crippen molar-refractivity contribution in [1.29, 1.82) is 0 Å². The van der Waals surface area contributed by atoms with E-state index in [1.165, 1.54) is 18.5 Å². The van der Waals surface area contributed by atoms with Crippen LogP contribution in [-0.4, -0.2) is 47.7 Å². The van der Waals surface area contributed by atoms with Gasteiger partial charge in [0.05, 0.1) is 31.2 Å². The third kappa shape index (κ3) is 5.87. The zero-order valence-electron chi connectivity index (χ0n) is 16.8. The molecule has 1 fully saturated rings. The molecule has 158 valence electrons. The Morgan fingerprint density at radius 3 is 2.17 bits per heavy atom. The highest BCUT2D eigenvalue weighted by atomic mass is 19.3. The molecular formula is C22H23F3N4O. The number of hydrogen-bond acceptors (Lipinski definition) is 5. The summed E-state index contributed by atoms with van der Waals surface area (Å²) >= 11 is 0. The Morgan fingerprint density at radius 2 is 1.70 bits per heavy atom. The van der Waals surface area contributed by atoms with Gasteiger partial charge < -0.3 is 10.5 Å². The number of alkyl halides is 2. The summed E-state index contributed by atoms with van der Waals surface area (Å²) in [5, 5.41) is 0. The molecule has 2 heterocycles. The number of halogens is 3. The summed E-state index contributed by atoms with van der Waals surface area (Å²) in [6, 6.07) is 13.0. The van der Waals surface area contributed by atoms with Gasteiger partial charge in [-0.1, -0.05) is 30.3 Å². The number of aryl methyl sites for hydroxylation is 1. The van der Waals surface area contributed by atoms with Gasteiger partial charge in [-0.25, -0.2) is 18.2 Å². The summed E-state index contributed by atoms with van der Waals surface area (Å²) in [5.41, 5.74) is 9.35. The average Bonchev–Trinajstić information content (AvgIpc) is 2.70. The van der Waals surface area contributed by atoms with Crippen molar-refractivity contribution in [3.05, 3.63) is 66.2 Å². The van der Waals surface area contributed by atoms with Crippen molar-refractivity contribution in [1.82, 2.24) is 14.9 Å². The van der Waals surface area contributed by atoms with E-state index in [1.807, 2.05) is 44.0 Å². The molecule has 1 aliphatic rings. The summed E-state index contributed by atoms with van der Waals surface area (Å²) in [6.07, 6.45) is 2.89. The van der Waals surface area contributed by atoms with Gasteiger partial charge in [0.25, 0.3) is 5.92 Å². The number of nitrogen functional groups attached to an aromatic ring is 1. The SMILES string of the molecule is C=O.CN1CC(F)(F)C1.Cc1ccccc1-c1ccc(-c2cnc(N)cn2)c(F)c1. The molecule has 0 aliphatic carbocycles. The number of nitrogens with zero attached hydrogens (tertiary/aromatic N) is 3. The van der Waals surface area contributed by atoms with E-state index < -0.39 is 5.92 Å². The normalized spacial score (nSPS) is 14.4. The lowest BCUT2D eigenvalue weighted by Gasteiger charge is -2.35. The molecule has 0 radical (unpaired) electrons. The van der Waals surface area contributed by atoms with Crippen LogP contribution in [0.15, 0.2) is 54.9 Å². The Bertz CT molecular complexity index is 972. The maximum absolute atomic E-state index is 14.4. The van der Waals surface area contributed by atoms with Crippen molar-refractivity contribution >= 4 is 12.6 Å². The third-order valence-electron chi connectivity index (χ3n) is 4.38. The number of nitrogens with two attached hydrogens (primary N) is 1. The van der Waals surface area contributed by atoms with Crippen LogP contribution in [0.2, 0.25) is 0 Å². The number of hydrogen-bond donors (Lipinski definition) is 1. The van der Waals surface area contributed by atoms with Crippen LogP contribution in [0.5, 0.6) is 0 Å². The van der Waals surface area contributed by atoms with Gasteiger partial charge in [0, 0.05) is 5.56 Å². The van der Waals surface area contributed by atoms with Crippen molar-refractivity contribution < 1.29 is 18.0 Å². The Hall–Kier alpha value is -3.26. The summed E-state index contributed by atoms with van der Waals surface area (Å²) in [6.45, 7) is 3.88. The lowest BCUT2D eigenvalue weighted by Crippen LogP contribution is -2.53. The first-order chi connectivity index (χ1) is 14.2. The zero-order chi connectivity index (χ0) is 22.3. The first-order valence-corrected chi connectivity index (χ1v) is 9.04. The van der Waals surface area contributed by atoms with Gasteiger partial charge in [-0.2, -0.15) is 0 Å². The number of likely N-dealkylation sites (tertiary alicyclic amines) is 1. The van der Waals surface area contributed by atoms with Crippen molar-refractivity contribution in [2.24, 2.45) is 0 Å². The highest BCUT2D eigenvalue weighted by molar-refractivity contribution is 5.71. The molecule has 30 heavy (non-hydrogen) atoms. The van der Waals surface area contributed by atoms with Gasteiger partial charge >= 0.3 is 0 Å². The van der Waals surface area contributed by atoms with Crippen molar-refractivity contribution in [2.75, 3.05) is 25.9 Å². The van der Waals surface area contributed by atoms with Crippen LogP contribution in [0.1, 0.15) is 5.56 Å². The molecule has 0 unspecified atom stereocenters. The summed E-state index contributed by atoms with van der Waals surface area (Å²) < 4.78 is 37.8. The molecule has 0 spiro atoms. The number of carbonyl (C=O) groups excluding carboxylic acids is 1. The van der Waals surface area contributed by atoms with Crippen LogP contribution in [0.25, 0.3) is 22.4 Å². The molecule has 1 saturated heterocycles. The molecule has 0 amide bonds. The van der Waals surface area contributed by atoms with Crippen molar-refractivity contribution in [3.8, 4) is 22.4 Å². The molecule has 0 atom stereocenters. The van der Waals surface area contributed by atoms with Crippen LogP contribution in [0.3, 0.4) is 0 Å². The van der Waals surface area contributed by atoms with Crippen LogP contribution in [0, 0.1) is 12.7 Å². The average molecular weight is 416 g/mol. The molecule has 0 saturated carbocycles. The highest BCUT2D eigenvalue weighted by Crippen LogP contribution is 2.28. The van der Waals surface area contributed by atoms with E-state index in [0.717, 1.165) is 16.7 Å². The molecule has 3 aromatic rings. The smallest absolute Gasteiger partial charge is 0.272 e. The second-order valence-electron chi connectivity index (χ2n) is 6.86. The molecule has 2 N–H and O–H groups in total. The topological polar surface area (TPSA) is 72.1 Å². The van der Waals surface area contributed by atoms with E-state index >= 15 is 0 Å². The van der Waals surface area contributed by atoms with E-state index in [-0.39, 0.29) is 18.9 Å². The molecular weight excluding hydrogens is 393 g/mol. The van der Waals surface area contributed by atoms with Crippen LogP contribution < -0.4 is 5.73 Å². The zero-order valence-corrected chi connectivity index (χ0v) is 16.8. The molecule has 2 aromatic carbocycles. The second-order valence-corrected chi connectivity index (χ2v) is 6.86.